The van der Waals surface area contributed by atoms with Crippen LogP contribution in [-0.4, -0.2) is 15.9 Å². The first-order chi connectivity index (χ1) is 13.6. The third-order valence-corrected chi connectivity index (χ3v) is 4.92. The zero-order chi connectivity index (χ0) is 19.7. The van der Waals surface area contributed by atoms with E-state index in [-0.39, 0.29) is 11.5 Å². The van der Waals surface area contributed by atoms with Crippen molar-refractivity contribution in [2.24, 2.45) is 0 Å². The SMILES string of the molecule is C=C1C(=O)C(=C(O)c2ccc(C)cc2)C(c2ccccc2)N1c1ccccn1. The van der Waals surface area contributed by atoms with Crippen molar-refractivity contribution in [3.63, 3.8) is 0 Å². The number of hydrogen-bond acceptors (Lipinski definition) is 4. The minimum absolute atomic E-state index is 0.0292. The van der Waals surface area contributed by atoms with Crippen molar-refractivity contribution in [3.8, 4) is 0 Å². The molecule has 1 fully saturated rings. The second-order valence-corrected chi connectivity index (χ2v) is 6.78. The van der Waals surface area contributed by atoms with Gasteiger partial charge in [-0.05, 0) is 24.6 Å². The molecule has 1 aliphatic rings. The molecule has 0 saturated carbocycles. The van der Waals surface area contributed by atoms with Gasteiger partial charge >= 0.3 is 0 Å². The summed E-state index contributed by atoms with van der Waals surface area (Å²) in [5.74, 6) is 0.303. The van der Waals surface area contributed by atoms with E-state index in [2.05, 4.69) is 11.6 Å². The maximum absolute atomic E-state index is 13.2. The van der Waals surface area contributed by atoms with Crippen LogP contribution in [0, 0.1) is 6.92 Å². The topological polar surface area (TPSA) is 53.4 Å². The molecule has 138 valence electrons. The minimum Gasteiger partial charge on any atom is -0.507 e. The number of ketones is 1. The van der Waals surface area contributed by atoms with E-state index in [1.807, 2.05) is 79.7 Å². The molecule has 2 aromatic carbocycles. The van der Waals surface area contributed by atoms with Crippen LogP contribution < -0.4 is 4.90 Å². The summed E-state index contributed by atoms with van der Waals surface area (Å²) in [4.78, 5) is 19.4. The van der Waals surface area contributed by atoms with Gasteiger partial charge in [0.05, 0.1) is 17.3 Å². The molecule has 1 N–H and O–H groups in total. The number of nitrogens with zero attached hydrogens (tertiary/aromatic N) is 2. The summed E-state index contributed by atoms with van der Waals surface area (Å²) in [6.07, 6.45) is 1.68. The number of Topliss-reactive ketones (excluding diaryl/α,β-unsaturated/α-hetero) is 1. The summed E-state index contributed by atoms with van der Waals surface area (Å²) in [6.45, 7) is 5.98. The number of aromatic nitrogens is 1. The summed E-state index contributed by atoms with van der Waals surface area (Å²) in [5.41, 5.74) is 3.17. The Morgan fingerprint density at radius 3 is 2.32 bits per heavy atom. The van der Waals surface area contributed by atoms with Crippen molar-refractivity contribution < 1.29 is 9.90 Å². The highest BCUT2D eigenvalue weighted by Gasteiger charge is 2.43. The van der Waals surface area contributed by atoms with Crippen LogP contribution in [0.1, 0.15) is 22.7 Å². The van der Waals surface area contributed by atoms with E-state index in [4.69, 9.17) is 0 Å². The van der Waals surface area contributed by atoms with Gasteiger partial charge in [0.1, 0.15) is 11.6 Å². The van der Waals surface area contributed by atoms with Crippen LogP contribution in [0.25, 0.3) is 5.76 Å². The van der Waals surface area contributed by atoms with Crippen molar-refractivity contribution in [1.29, 1.82) is 0 Å². The Balaban J connectivity index is 1.94. The van der Waals surface area contributed by atoms with Crippen LogP contribution in [0.3, 0.4) is 0 Å². The van der Waals surface area contributed by atoms with Gasteiger partial charge in [-0.2, -0.15) is 0 Å². The largest absolute Gasteiger partial charge is 0.507 e. The van der Waals surface area contributed by atoms with E-state index >= 15 is 0 Å². The van der Waals surface area contributed by atoms with E-state index in [1.54, 1.807) is 11.1 Å². The van der Waals surface area contributed by atoms with Crippen molar-refractivity contribution >= 4 is 17.4 Å². The average molecular weight is 368 g/mol. The van der Waals surface area contributed by atoms with Crippen LogP contribution in [0.2, 0.25) is 0 Å². The van der Waals surface area contributed by atoms with E-state index in [0.29, 0.717) is 22.7 Å². The van der Waals surface area contributed by atoms with Crippen LogP contribution >= 0.6 is 0 Å². The van der Waals surface area contributed by atoms with Crippen molar-refractivity contribution in [1.82, 2.24) is 4.98 Å². The summed E-state index contributed by atoms with van der Waals surface area (Å²) in [7, 11) is 0. The molecule has 2 heterocycles. The van der Waals surface area contributed by atoms with E-state index in [0.717, 1.165) is 11.1 Å². The molecule has 0 aliphatic carbocycles. The standard InChI is InChI=1S/C24H20N2O2/c1-16-11-13-19(14-12-16)24(28)21-22(18-8-4-3-5-9-18)26(17(2)23(21)27)20-10-6-7-15-25-20/h3-15,22,28H,2H2,1H3. The Kier molecular flexibility index (Phi) is 4.53. The number of carbonyl (C=O) groups is 1. The number of hydrogen-bond donors (Lipinski definition) is 1. The summed E-state index contributed by atoms with van der Waals surface area (Å²) >= 11 is 0. The lowest BCUT2D eigenvalue weighted by Crippen LogP contribution is -2.22. The second kappa shape index (κ2) is 7.16. The number of aliphatic hydroxyl groups is 1. The van der Waals surface area contributed by atoms with Gasteiger partial charge in [0.15, 0.2) is 0 Å². The number of allylic oxidation sites excluding steroid dienone is 1. The van der Waals surface area contributed by atoms with Gasteiger partial charge in [-0.3, -0.25) is 4.79 Å². The molecule has 1 saturated heterocycles. The molecule has 1 aliphatic heterocycles. The van der Waals surface area contributed by atoms with Crippen LogP contribution in [0.15, 0.2) is 96.8 Å². The lowest BCUT2D eigenvalue weighted by molar-refractivity contribution is -0.111. The molecule has 28 heavy (non-hydrogen) atoms. The molecule has 0 spiro atoms. The van der Waals surface area contributed by atoms with Crippen molar-refractivity contribution in [2.75, 3.05) is 4.90 Å². The Labute approximate surface area is 164 Å². The number of aryl methyl sites for hydroxylation is 1. The maximum Gasteiger partial charge on any atom is 0.211 e. The molecule has 4 rings (SSSR count). The van der Waals surface area contributed by atoms with Crippen LogP contribution in [0.5, 0.6) is 0 Å². The quantitative estimate of drug-likeness (QED) is 0.522. The number of benzene rings is 2. The first kappa shape index (κ1) is 17.7. The Bertz CT molecular complexity index is 1050. The van der Waals surface area contributed by atoms with E-state index in [1.165, 1.54) is 0 Å². The van der Waals surface area contributed by atoms with E-state index < -0.39 is 6.04 Å². The monoisotopic (exact) mass is 368 g/mol. The zero-order valence-electron chi connectivity index (χ0n) is 15.5. The number of aliphatic hydroxyl groups excluding tert-OH is 1. The fourth-order valence-corrected chi connectivity index (χ4v) is 3.50. The predicted octanol–water partition coefficient (Wildman–Crippen LogP) is 5.00. The Morgan fingerprint density at radius 2 is 1.68 bits per heavy atom. The lowest BCUT2D eigenvalue weighted by atomic mass is 9.95. The minimum atomic E-state index is -0.502. The molecule has 1 aromatic heterocycles. The molecular formula is C24H20N2O2. The molecule has 4 nitrogen and oxygen atoms in total. The Hall–Kier alpha value is -3.66. The third kappa shape index (κ3) is 2.99. The molecule has 3 aromatic rings. The van der Waals surface area contributed by atoms with Crippen molar-refractivity contribution in [3.05, 3.63) is 114 Å². The second-order valence-electron chi connectivity index (χ2n) is 6.78. The first-order valence-corrected chi connectivity index (χ1v) is 9.07. The maximum atomic E-state index is 13.2. The molecule has 4 heteroatoms. The van der Waals surface area contributed by atoms with Crippen molar-refractivity contribution in [2.45, 2.75) is 13.0 Å². The summed E-state index contributed by atoms with van der Waals surface area (Å²) in [5, 5.41) is 11.1. The van der Waals surface area contributed by atoms with Crippen LogP contribution in [0.4, 0.5) is 5.82 Å². The molecule has 0 amide bonds. The Morgan fingerprint density at radius 1 is 1.00 bits per heavy atom. The molecule has 0 radical (unpaired) electrons. The summed E-state index contributed by atoms with van der Waals surface area (Å²) in [6, 6.07) is 22.1. The highest BCUT2D eigenvalue weighted by molar-refractivity contribution is 6.18. The molecule has 1 atom stereocenters. The normalized spacial score (nSPS) is 18.5. The number of rotatable bonds is 3. The van der Waals surface area contributed by atoms with Gasteiger partial charge in [-0.15, -0.1) is 0 Å². The number of anilines is 1. The molecular weight excluding hydrogens is 348 g/mol. The van der Waals surface area contributed by atoms with Crippen LogP contribution in [-0.2, 0) is 4.79 Å². The average Bonchev–Trinajstić information content (AvgIpc) is 3.00. The highest BCUT2D eigenvalue weighted by atomic mass is 16.3. The fourth-order valence-electron chi connectivity index (χ4n) is 3.50. The van der Waals surface area contributed by atoms with E-state index in [9.17, 15) is 9.90 Å². The van der Waals surface area contributed by atoms with Gasteiger partial charge in [-0.1, -0.05) is 72.8 Å². The highest BCUT2D eigenvalue weighted by Crippen LogP contribution is 2.44. The molecule has 0 bridgehead atoms. The zero-order valence-corrected chi connectivity index (χ0v) is 15.5. The van der Waals surface area contributed by atoms with Gasteiger partial charge in [0.25, 0.3) is 0 Å². The van der Waals surface area contributed by atoms with Gasteiger partial charge in [0, 0.05) is 11.8 Å². The number of pyridine rings is 1. The lowest BCUT2D eigenvalue weighted by Gasteiger charge is -2.26. The fraction of sp³-hybridized carbons (Fsp3) is 0.0833. The molecule has 1 unspecified atom stereocenters. The smallest absolute Gasteiger partial charge is 0.211 e. The van der Waals surface area contributed by atoms with Gasteiger partial charge in [0.2, 0.25) is 5.78 Å². The third-order valence-electron chi connectivity index (χ3n) is 4.92. The van der Waals surface area contributed by atoms with Gasteiger partial charge in [-0.25, -0.2) is 4.98 Å². The van der Waals surface area contributed by atoms with Gasteiger partial charge < -0.3 is 10.0 Å². The predicted molar refractivity (Wildman–Crippen MR) is 111 cm³/mol. The first-order valence-electron chi connectivity index (χ1n) is 9.07. The number of carbonyl (C=O) groups excluding carboxylic acids is 1. The summed E-state index contributed by atoms with van der Waals surface area (Å²) < 4.78 is 0.